The molecular formula is C13H16N4O2S. The van der Waals surface area contributed by atoms with Gasteiger partial charge >= 0.3 is 5.00 Å². The molecule has 0 bridgehead atoms. The standard InChI is InChI=1S/C13H16N4O2S/c18-17(19)13-6-10(8-20-13)7-15-11-2-1-3-12(11)16-5-4-14-9-16/h4-6,8-9,11-12,15H,1-3,7H2. The van der Waals surface area contributed by atoms with Crippen LogP contribution in [0.3, 0.4) is 0 Å². The van der Waals surface area contributed by atoms with Gasteiger partial charge in [-0.05, 0) is 24.8 Å². The molecule has 106 valence electrons. The number of rotatable bonds is 5. The molecule has 0 aliphatic heterocycles. The van der Waals surface area contributed by atoms with Gasteiger partial charge in [0.2, 0.25) is 0 Å². The third-order valence-corrected chi connectivity index (χ3v) is 4.70. The van der Waals surface area contributed by atoms with Crippen molar-refractivity contribution in [3.05, 3.63) is 45.8 Å². The lowest BCUT2D eigenvalue weighted by Gasteiger charge is -2.22. The molecule has 0 amide bonds. The molecule has 2 aromatic heterocycles. The normalized spacial score (nSPS) is 22.2. The van der Waals surface area contributed by atoms with Gasteiger partial charge in [0.1, 0.15) is 0 Å². The molecule has 2 unspecified atom stereocenters. The minimum Gasteiger partial charge on any atom is -0.333 e. The molecule has 2 aromatic rings. The van der Waals surface area contributed by atoms with Crippen molar-refractivity contribution in [1.82, 2.24) is 14.9 Å². The molecule has 0 spiro atoms. The van der Waals surface area contributed by atoms with E-state index in [9.17, 15) is 10.1 Å². The maximum absolute atomic E-state index is 10.7. The lowest BCUT2D eigenvalue weighted by Crippen LogP contribution is -2.33. The zero-order chi connectivity index (χ0) is 13.9. The summed E-state index contributed by atoms with van der Waals surface area (Å²) in [6, 6.07) is 2.49. The summed E-state index contributed by atoms with van der Waals surface area (Å²) in [4.78, 5) is 14.4. The van der Waals surface area contributed by atoms with Gasteiger partial charge in [-0.3, -0.25) is 10.1 Å². The second-order valence-corrected chi connectivity index (χ2v) is 5.94. The van der Waals surface area contributed by atoms with Gasteiger partial charge in [0.25, 0.3) is 0 Å². The number of aromatic nitrogens is 2. The number of nitro groups is 1. The number of hydrogen-bond acceptors (Lipinski definition) is 5. The highest BCUT2D eigenvalue weighted by Gasteiger charge is 2.27. The largest absolute Gasteiger partial charge is 0.333 e. The molecule has 6 nitrogen and oxygen atoms in total. The first-order valence-corrected chi connectivity index (χ1v) is 7.54. The fourth-order valence-electron chi connectivity index (χ4n) is 2.80. The van der Waals surface area contributed by atoms with Gasteiger partial charge in [0.05, 0.1) is 11.3 Å². The zero-order valence-corrected chi connectivity index (χ0v) is 11.8. The van der Waals surface area contributed by atoms with Crippen molar-refractivity contribution in [3.8, 4) is 0 Å². The molecule has 1 fully saturated rings. The molecule has 0 radical (unpaired) electrons. The number of nitrogens with one attached hydrogen (secondary N) is 1. The highest BCUT2D eigenvalue weighted by molar-refractivity contribution is 7.13. The topological polar surface area (TPSA) is 73.0 Å². The van der Waals surface area contributed by atoms with E-state index in [1.165, 1.54) is 17.8 Å². The maximum atomic E-state index is 10.7. The van der Waals surface area contributed by atoms with Crippen LogP contribution >= 0.6 is 11.3 Å². The fraction of sp³-hybridized carbons (Fsp3) is 0.462. The van der Waals surface area contributed by atoms with Crippen molar-refractivity contribution in [2.75, 3.05) is 0 Å². The number of hydrogen-bond donors (Lipinski definition) is 1. The van der Waals surface area contributed by atoms with E-state index >= 15 is 0 Å². The first kappa shape index (κ1) is 13.3. The van der Waals surface area contributed by atoms with E-state index in [-0.39, 0.29) is 9.92 Å². The van der Waals surface area contributed by atoms with Crippen LogP contribution in [0.2, 0.25) is 0 Å². The van der Waals surface area contributed by atoms with E-state index in [4.69, 9.17) is 0 Å². The molecule has 0 saturated heterocycles. The van der Waals surface area contributed by atoms with E-state index in [0.29, 0.717) is 18.6 Å². The predicted octanol–water partition coefficient (Wildman–Crippen LogP) is 2.74. The number of imidazole rings is 1. The Hall–Kier alpha value is -1.73. The summed E-state index contributed by atoms with van der Waals surface area (Å²) in [5.41, 5.74) is 0.984. The van der Waals surface area contributed by atoms with Crippen molar-refractivity contribution in [2.24, 2.45) is 0 Å². The van der Waals surface area contributed by atoms with Crippen LogP contribution in [0.5, 0.6) is 0 Å². The highest BCUT2D eigenvalue weighted by atomic mass is 32.1. The molecule has 2 heterocycles. The third kappa shape index (κ3) is 2.73. The quantitative estimate of drug-likeness (QED) is 0.679. The van der Waals surface area contributed by atoms with Gasteiger partial charge in [-0.25, -0.2) is 4.98 Å². The summed E-state index contributed by atoms with van der Waals surface area (Å²) < 4.78 is 2.15. The molecule has 1 aliphatic carbocycles. The molecular weight excluding hydrogens is 276 g/mol. The lowest BCUT2D eigenvalue weighted by molar-refractivity contribution is -0.380. The number of thiophene rings is 1. The Morgan fingerprint density at radius 3 is 3.15 bits per heavy atom. The van der Waals surface area contributed by atoms with Crippen LogP contribution in [0.15, 0.2) is 30.2 Å². The molecule has 3 rings (SSSR count). The van der Waals surface area contributed by atoms with E-state index in [2.05, 4.69) is 14.9 Å². The monoisotopic (exact) mass is 292 g/mol. The molecule has 1 saturated carbocycles. The molecule has 20 heavy (non-hydrogen) atoms. The van der Waals surface area contributed by atoms with Gasteiger partial charge in [-0.2, -0.15) is 0 Å². The average Bonchev–Trinajstić information content (AvgIpc) is 3.17. The fourth-order valence-corrected chi connectivity index (χ4v) is 3.53. The first-order chi connectivity index (χ1) is 9.74. The highest BCUT2D eigenvalue weighted by Crippen LogP contribution is 2.30. The second kappa shape index (κ2) is 5.72. The minimum atomic E-state index is -0.335. The van der Waals surface area contributed by atoms with Gasteiger partial charge in [0, 0.05) is 42.5 Å². The molecule has 7 heteroatoms. The molecule has 0 aromatic carbocycles. The van der Waals surface area contributed by atoms with Crippen LogP contribution in [0.4, 0.5) is 5.00 Å². The summed E-state index contributed by atoms with van der Waals surface area (Å²) in [6.45, 7) is 0.681. The summed E-state index contributed by atoms with van der Waals surface area (Å²) in [6.07, 6.45) is 9.15. The second-order valence-electron chi connectivity index (χ2n) is 5.05. The average molecular weight is 292 g/mol. The van der Waals surface area contributed by atoms with E-state index in [1.54, 1.807) is 12.3 Å². The minimum absolute atomic E-state index is 0.208. The summed E-state index contributed by atoms with van der Waals surface area (Å²) >= 11 is 1.18. The summed E-state index contributed by atoms with van der Waals surface area (Å²) in [7, 11) is 0. The van der Waals surface area contributed by atoms with Gasteiger partial charge < -0.3 is 9.88 Å². The predicted molar refractivity (Wildman–Crippen MR) is 76.7 cm³/mol. The van der Waals surface area contributed by atoms with Crippen LogP contribution in [0.25, 0.3) is 0 Å². The first-order valence-electron chi connectivity index (χ1n) is 6.66. The van der Waals surface area contributed by atoms with E-state index < -0.39 is 0 Å². The van der Waals surface area contributed by atoms with Gasteiger partial charge in [-0.1, -0.05) is 11.3 Å². The van der Waals surface area contributed by atoms with Gasteiger partial charge in [0.15, 0.2) is 0 Å². The van der Waals surface area contributed by atoms with Crippen molar-refractivity contribution < 1.29 is 4.92 Å². The molecule has 1 N–H and O–H groups in total. The Balaban J connectivity index is 1.61. The lowest BCUT2D eigenvalue weighted by atomic mass is 10.1. The van der Waals surface area contributed by atoms with Crippen molar-refractivity contribution in [2.45, 2.75) is 37.9 Å². The molecule has 2 atom stereocenters. The van der Waals surface area contributed by atoms with Crippen LogP contribution in [-0.4, -0.2) is 20.5 Å². The zero-order valence-electron chi connectivity index (χ0n) is 10.9. The Bertz CT molecular complexity index is 581. The third-order valence-electron chi connectivity index (χ3n) is 3.78. The van der Waals surface area contributed by atoms with E-state index in [0.717, 1.165) is 18.4 Å². The van der Waals surface area contributed by atoms with Crippen molar-refractivity contribution in [1.29, 1.82) is 0 Å². The smallest absolute Gasteiger partial charge is 0.324 e. The Morgan fingerprint density at radius 1 is 1.55 bits per heavy atom. The Labute approximate surface area is 120 Å². The van der Waals surface area contributed by atoms with E-state index in [1.807, 2.05) is 17.9 Å². The Kier molecular flexibility index (Phi) is 3.79. The summed E-state index contributed by atoms with van der Waals surface area (Å²) in [5, 5.41) is 16.3. The van der Waals surface area contributed by atoms with Crippen LogP contribution < -0.4 is 5.32 Å². The Morgan fingerprint density at radius 2 is 2.45 bits per heavy atom. The van der Waals surface area contributed by atoms with Crippen molar-refractivity contribution >= 4 is 16.3 Å². The van der Waals surface area contributed by atoms with Crippen LogP contribution in [0, 0.1) is 10.1 Å². The van der Waals surface area contributed by atoms with Crippen molar-refractivity contribution in [3.63, 3.8) is 0 Å². The number of nitrogens with zero attached hydrogens (tertiary/aromatic N) is 3. The molecule has 1 aliphatic rings. The van der Waals surface area contributed by atoms with Gasteiger partial charge in [-0.15, -0.1) is 0 Å². The van der Waals surface area contributed by atoms with Crippen LogP contribution in [0.1, 0.15) is 30.9 Å². The SMILES string of the molecule is O=[N+]([O-])c1cc(CNC2CCCC2n2ccnc2)cs1. The van der Waals surface area contributed by atoms with Crippen LogP contribution in [-0.2, 0) is 6.54 Å². The maximum Gasteiger partial charge on any atom is 0.324 e. The summed E-state index contributed by atoms with van der Waals surface area (Å²) in [5.74, 6) is 0.